The molecule has 0 radical (unpaired) electrons. The second kappa shape index (κ2) is 7.53. The molecule has 1 aromatic rings. The molecular formula is C20H31N3O3S. The van der Waals surface area contributed by atoms with Gasteiger partial charge in [0.15, 0.2) is 0 Å². The number of hydrogen-bond donors (Lipinski definition) is 1. The van der Waals surface area contributed by atoms with Crippen molar-refractivity contribution < 1.29 is 13.2 Å². The van der Waals surface area contributed by atoms with E-state index in [9.17, 15) is 13.2 Å². The minimum absolute atomic E-state index is 0.0507. The summed E-state index contributed by atoms with van der Waals surface area (Å²) in [6.45, 7) is 11.6. The fourth-order valence-electron chi connectivity index (χ4n) is 3.74. The Morgan fingerprint density at radius 1 is 1.04 bits per heavy atom. The zero-order valence-electron chi connectivity index (χ0n) is 17.0. The van der Waals surface area contributed by atoms with Crippen molar-refractivity contribution in [2.75, 3.05) is 26.2 Å². The van der Waals surface area contributed by atoms with Gasteiger partial charge in [0.25, 0.3) is 0 Å². The maximum Gasteiger partial charge on any atom is 0.243 e. The predicted octanol–water partition coefficient (Wildman–Crippen LogP) is 1.89. The van der Waals surface area contributed by atoms with Gasteiger partial charge in [-0.3, -0.25) is 9.69 Å². The number of nitrogens with zero attached hydrogens (tertiary/aromatic N) is 2. The van der Waals surface area contributed by atoms with Crippen LogP contribution in [0.1, 0.15) is 42.0 Å². The third kappa shape index (κ3) is 4.05. The molecule has 1 atom stereocenters. The number of piperazine rings is 1. The minimum atomic E-state index is -3.54. The van der Waals surface area contributed by atoms with Crippen molar-refractivity contribution in [1.29, 1.82) is 0 Å². The third-order valence-corrected chi connectivity index (χ3v) is 8.19. The Bertz CT molecular complexity index is 812. The molecule has 27 heavy (non-hydrogen) atoms. The van der Waals surface area contributed by atoms with E-state index in [-0.39, 0.29) is 11.9 Å². The molecule has 3 rings (SSSR count). The van der Waals surface area contributed by atoms with Gasteiger partial charge in [-0.15, -0.1) is 0 Å². The van der Waals surface area contributed by atoms with E-state index < -0.39 is 10.0 Å². The van der Waals surface area contributed by atoms with Gasteiger partial charge in [-0.1, -0.05) is 6.07 Å². The molecule has 1 aliphatic carbocycles. The molecule has 7 heteroatoms. The van der Waals surface area contributed by atoms with Crippen molar-refractivity contribution in [3.63, 3.8) is 0 Å². The van der Waals surface area contributed by atoms with Gasteiger partial charge in [-0.2, -0.15) is 4.31 Å². The van der Waals surface area contributed by atoms with Crippen LogP contribution in [0.15, 0.2) is 11.0 Å². The summed E-state index contributed by atoms with van der Waals surface area (Å²) in [5.74, 6) is 0.0507. The van der Waals surface area contributed by atoms with Gasteiger partial charge >= 0.3 is 0 Å². The number of carbonyl (C=O) groups excluding carboxylic acids is 1. The highest BCUT2D eigenvalue weighted by Gasteiger charge is 2.35. The predicted molar refractivity (Wildman–Crippen MR) is 106 cm³/mol. The lowest BCUT2D eigenvalue weighted by atomic mass is 10.0. The smallest absolute Gasteiger partial charge is 0.243 e. The first-order valence-corrected chi connectivity index (χ1v) is 11.2. The standard InChI is InChI=1S/C20H31N3O3S/c1-13-12-14(2)16(4)19(15(13)3)27(25,26)23-10-8-22(9-11-23)17(5)20(24)21-18-6-7-18/h12,17-18H,6-11H2,1-5H3,(H,21,24). The van der Waals surface area contributed by atoms with E-state index >= 15 is 0 Å². The van der Waals surface area contributed by atoms with E-state index in [0.717, 1.165) is 35.1 Å². The molecule has 1 N–H and O–H groups in total. The highest BCUT2D eigenvalue weighted by atomic mass is 32.2. The van der Waals surface area contributed by atoms with Crippen molar-refractivity contribution in [2.24, 2.45) is 0 Å². The van der Waals surface area contributed by atoms with Gasteiger partial charge in [0.05, 0.1) is 10.9 Å². The summed E-state index contributed by atoms with van der Waals surface area (Å²) in [7, 11) is -3.54. The van der Waals surface area contributed by atoms with Crippen LogP contribution in [0.3, 0.4) is 0 Å². The molecule has 0 spiro atoms. The van der Waals surface area contributed by atoms with E-state index in [0.29, 0.717) is 37.1 Å². The SMILES string of the molecule is Cc1cc(C)c(C)c(S(=O)(=O)N2CCN(C(C)C(=O)NC3CC3)CC2)c1C. The van der Waals surface area contributed by atoms with Crippen LogP contribution in [-0.2, 0) is 14.8 Å². The minimum Gasteiger partial charge on any atom is -0.352 e. The van der Waals surface area contributed by atoms with Crippen LogP contribution in [0.5, 0.6) is 0 Å². The second-order valence-corrected chi connectivity index (χ2v) is 9.86. The lowest BCUT2D eigenvalue weighted by molar-refractivity contribution is -0.126. The van der Waals surface area contributed by atoms with Gasteiger partial charge in [-0.25, -0.2) is 8.42 Å². The number of rotatable bonds is 5. The van der Waals surface area contributed by atoms with E-state index in [4.69, 9.17) is 0 Å². The summed E-state index contributed by atoms with van der Waals surface area (Å²) in [4.78, 5) is 14.8. The van der Waals surface area contributed by atoms with Crippen molar-refractivity contribution in [3.05, 3.63) is 28.3 Å². The van der Waals surface area contributed by atoms with Crippen molar-refractivity contribution in [1.82, 2.24) is 14.5 Å². The van der Waals surface area contributed by atoms with Crippen LogP contribution in [0.2, 0.25) is 0 Å². The number of benzene rings is 1. The highest BCUT2D eigenvalue weighted by molar-refractivity contribution is 7.89. The number of nitrogens with one attached hydrogen (secondary N) is 1. The van der Waals surface area contributed by atoms with E-state index in [1.165, 1.54) is 0 Å². The van der Waals surface area contributed by atoms with Crippen LogP contribution in [-0.4, -0.2) is 61.8 Å². The summed E-state index contributed by atoms with van der Waals surface area (Å²) >= 11 is 0. The molecule has 6 nitrogen and oxygen atoms in total. The van der Waals surface area contributed by atoms with Gasteiger partial charge < -0.3 is 5.32 Å². The third-order valence-electron chi connectivity index (χ3n) is 6.02. The summed E-state index contributed by atoms with van der Waals surface area (Å²) < 4.78 is 28.2. The fourth-order valence-corrected chi connectivity index (χ4v) is 5.74. The average Bonchev–Trinajstić information content (AvgIpc) is 3.43. The van der Waals surface area contributed by atoms with Crippen LogP contribution in [0.25, 0.3) is 0 Å². The molecule has 1 heterocycles. The number of amides is 1. The van der Waals surface area contributed by atoms with Gasteiger partial charge in [0.1, 0.15) is 0 Å². The summed E-state index contributed by atoms with van der Waals surface area (Å²) in [5.41, 5.74) is 3.66. The monoisotopic (exact) mass is 393 g/mol. The molecule has 0 aromatic heterocycles. The fraction of sp³-hybridized carbons (Fsp3) is 0.650. The van der Waals surface area contributed by atoms with Crippen LogP contribution in [0.4, 0.5) is 0 Å². The Kier molecular flexibility index (Phi) is 5.66. The molecule has 2 fully saturated rings. The van der Waals surface area contributed by atoms with Crippen molar-refractivity contribution in [2.45, 2.75) is 64.4 Å². The lowest BCUT2D eigenvalue weighted by Gasteiger charge is -2.37. The molecule has 1 unspecified atom stereocenters. The molecule has 1 aromatic carbocycles. The zero-order chi connectivity index (χ0) is 19.9. The van der Waals surface area contributed by atoms with Crippen LogP contribution < -0.4 is 5.32 Å². The molecule has 1 saturated carbocycles. The maximum absolute atomic E-state index is 13.3. The first-order valence-electron chi connectivity index (χ1n) is 9.75. The Labute approximate surface area is 163 Å². The molecule has 2 aliphatic rings. The topological polar surface area (TPSA) is 69.7 Å². The summed E-state index contributed by atoms with van der Waals surface area (Å²) in [5, 5.41) is 3.03. The normalized spacial score (nSPS) is 20.5. The van der Waals surface area contributed by atoms with Crippen LogP contribution >= 0.6 is 0 Å². The Morgan fingerprint density at radius 2 is 1.56 bits per heavy atom. The second-order valence-electron chi connectivity index (χ2n) is 7.99. The number of hydrogen-bond acceptors (Lipinski definition) is 4. The van der Waals surface area contributed by atoms with Crippen LogP contribution in [0, 0.1) is 27.7 Å². The van der Waals surface area contributed by atoms with Gasteiger partial charge in [-0.05, 0) is 69.7 Å². The molecule has 1 aliphatic heterocycles. The van der Waals surface area contributed by atoms with E-state index in [2.05, 4.69) is 10.2 Å². The number of carbonyl (C=O) groups is 1. The largest absolute Gasteiger partial charge is 0.352 e. The summed E-state index contributed by atoms with van der Waals surface area (Å²) in [6, 6.07) is 2.17. The molecule has 0 bridgehead atoms. The Hall–Kier alpha value is -1.44. The number of sulfonamides is 1. The molecular weight excluding hydrogens is 362 g/mol. The first kappa shape index (κ1) is 20.3. The van der Waals surface area contributed by atoms with Crippen molar-refractivity contribution >= 4 is 15.9 Å². The molecule has 1 saturated heterocycles. The quantitative estimate of drug-likeness (QED) is 0.829. The highest BCUT2D eigenvalue weighted by Crippen LogP contribution is 2.29. The summed E-state index contributed by atoms with van der Waals surface area (Å²) in [6.07, 6.45) is 2.14. The molecule has 1 amide bonds. The Morgan fingerprint density at radius 3 is 2.04 bits per heavy atom. The first-order chi connectivity index (χ1) is 12.6. The van der Waals surface area contributed by atoms with Gasteiger partial charge in [0.2, 0.25) is 15.9 Å². The van der Waals surface area contributed by atoms with E-state index in [1.807, 2.05) is 40.7 Å². The Balaban J connectivity index is 1.73. The molecule has 150 valence electrons. The maximum atomic E-state index is 13.3. The van der Waals surface area contributed by atoms with Gasteiger partial charge in [0, 0.05) is 32.2 Å². The van der Waals surface area contributed by atoms with Crippen molar-refractivity contribution in [3.8, 4) is 0 Å². The zero-order valence-corrected chi connectivity index (χ0v) is 17.8. The van der Waals surface area contributed by atoms with E-state index in [1.54, 1.807) is 4.31 Å². The number of aryl methyl sites for hydroxylation is 2. The average molecular weight is 394 g/mol. The lowest BCUT2D eigenvalue weighted by Crippen LogP contribution is -2.55.